The zero-order chi connectivity index (χ0) is 14.5. The van der Waals surface area contributed by atoms with Crippen LogP contribution in [0.15, 0.2) is 24.3 Å². The maximum absolute atomic E-state index is 11.5. The van der Waals surface area contributed by atoms with Crippen molar-refractivity contribution >= 4 is 17.4 Å². The Morgan fingerprint density at radius 3 is 2.35 bits per heavy atom. The fourth-order valence-electron chi connectivity index (χ4n) is 2.52. The molecule has 1 fully saturated rings. The highest BCUT2D eigenvalue weighted by Crippen LogP contribution is 2.24. The topological polar surface area (TPSA) is 72.6 Å². The molecule has 0 aliphatic carbocycles. The van der Waals surface area contributed by atoms with Gasteiger partial charge in [0.05, 0.1) is 19.6 Å². The van der Waals surface area contributed by atoms with Crippen LogP contribution >= 0.6 is 0 Å². The summed E-state index contributed by atoms with van der Waals surface area (Å²) in [6.45, 7) is 1.68. The van der Waals surface area contributed by atoms with Gasteiger partial charge in [-0.05, 0) is 37.1 Å². The molecule has 20 heavy (non-hydrogen) atoms. The Balaban J connectivity index is 1.97. The standard InChI is InChI=1S/C15H20N2O3/c1-20-15(19)12-6-8-17(9-7-12)13-4-2-11(3-5-13)14(18)10-16/h2-5,12H,6-10,16H2,1H3. The Morgan fingerprint density at radius 2 is 1.85 bits per heavy atom. The molecule has 2 rings (SSSR count). The summed E-state index contributed by atoms with van der Waals surface area (Å²) in [4.78, 5) is 25.2. The van der Waals surface area contributed by atoms with E-state index in [2.05, 4.69) is 4.90 Å². The van der Waals surface area contributed by atoms with Crippen molar-refractivity contribution in [2.45, 2.75) is 12.8 Å². The van der Waals surface area contributed by atoms with Crippen LogP contribution in [0.25, 0.3) is 0 Å². The molecular formula is C15H20N2O3. The fraction of sp³-hybridized carbons (Fsp3) is 0.467. The summed E-state index contributed by atoms with van der Waals surface area (Å²) in [5.41, 5.74) is 7.05. The van der Waals surface area contributed by atoms with Gasteiger partial charge in [0.15, 0.2) is 5.78 Å². The maximum Gasteiger partial charge on any atom is 0.308 e. The predicted octanol–water partition coefficient (Wildman–Crippen LogP) is 1.22. The number of hydrogen-bond donors (Lipinski definition) is 1. The zero-order valence-corrected chi connectivity index (χ0v) is 11.7. The van der Waals surface area contributed by atoms with Gasteiger partial charge in [0.25, 0.3) is 0 Å². The van der Waals surface area contributed by atoms with Crippen LogP contribution in [0.4, 0.5) is 5.69 Å². The van der Waals surface area contributed by atoms with Crippen LogP contribution < -0.4 is 10.6 Å². The number of benzene rings is 1. The number of ether oxygens (including phenoxy) is 1. The van der Waals surface area contributed by atoms with Gasteiger partial charge >= 0.3 is 5.97 Å². The summed E-state index contributed by atoms with van der Waals surface area (Å²) in [5.74, 6) is -0.163. The second-order valence-electron chi connectivity index (χ2n) is 4.96. The predicted molar refractivity (Wildman–Crippen MR) is 76.8 cm³/mol. The van der Waals surface area contributed by atoms with Crippen molar-refractivity contribution < 1.29 is 14.3 Å². The van der Waals surface area contributed by atoms with Crippen molar-refractivity contribution in [3.05, 3.63) is 29.8 Å². The van der Waals surface area contributed by atoms with Crippen LogP contribution in [0, 0.1) is 5.92 Å². The maximum atomic E-state index is 11.5. The first-order chi connectivity index (χ1) is 9.65. The lowest BCUT2D eigenvalue weighted by atomic mass is 9.96. The molecule has 1 heterocycles. The van der Waals surface area contributed by atoms with Crippen LogP contribution in [0.1, 0.15) is 23.2 Å². The van der Waals surface area contributed by atoms with Crippen LogP contribution in [0.3, 0.4) is 0 Å². The summed E-state index contributed by atoms with van der Waals surface area (Å²) in [7, 11) is 1.43. The minimum atomic E-state index is -0.117. The fourth-order valence-corrected chi connectivity index (χ4v) is 2.52. The second-order valence-corrected chi connectivity index (χ2v) is 4.96. The molecule has 0 aromatic heterocycles. The number of Topliss-reactive ketones (excluding diaryl/α,β-unsaturated/α-hetero) is 1. The smallest absolute Gasteiger partial charge is 0.308 e. The molecule has 0 saturated carbocycles. The third-order valence-electron chi connectivity index (χ3n) is 3.77. The molecule has 0 radical (unpaired) electrons. The Hall–Kier alpha value is -1.88. The van der Waals surface area contributed by atoms with Gasteiger partial charge in [0.2, 0.25) is 0 Å². The van der Waals surface area contributed by atoms with Crippen molar-refractivity contribution in [3.8, 4) is 0 Å². The number of esters is 1. The van der Waals surface area contributed by atoms with E-state index in [1.807, 2.05) is 12.1 Å². The molecule has 108 valence electrons. The Bertz CT molecular complexity index is 476. The van der Waals surface area contributed by atoms with Gasteiger partial charge in [-0.3, -0.25) is 9.59 Å². The molecule has 0 unspecified atom stereocenters. The first-order valence-corrected chi connectivity index (χ1v) is 6.82. The number of rotatable bonds is 4. The van der Waals surface area contributed by atoms with E-state index in [1.54, 1.807) is 12.1 Å². The molecule has 0 bridgehead atoms. The Labute approximate surface area is 118 Å². The quantitative estimate of drug-likeness (QED) is 0.661. The SMILES string of the molecule is COC(=O)C1CCN(c2ccc(C(=O)CN)cc2)CC1. The van der Waals surface area contributed by atoms with Gasteiger partial charge < -0.3 is 15.4 Å². The second kappa shape index (κ2) is 6.52. The first-order valence-electron chi connectivity index (χ1n) is 6.82. The lowest BCUT2D eigenvalue weighted by molar-refractivity contribution is -0.146. The molecule has 1 aromatic carbocycles. The van der Waals surface area contributed by atoms with Gasteiger partial charge in [-0.1, -0.05) is 0 Å². The molecule has 0 atom stereocenters. The monoisotopic (exact) mass is 276 g/mol. The Kier molecular flexibility index (Phi) is 4.74. The first kappa shape index (κ1) is 14.5. The number of ketones is 1. The highest BCUT2D eigenvalue weighted by Gasteiger charge is 2.25. The van der Waals surface area contributed by atoms with Crippen LogP contribution in [-0.2, 0) is 9.53 Å². The molecular weight excluding hydrogens is 256 g/mol. The summed E-state index contributed by atoms with van der Waals surface area (Å²) < 4.78 is 4.78. The summed E-state index contributed by atoms with van der Waals surface area (Å²) in [6.07, 6.45) is 1.60. The number of hydrogen-bond acceptors (Lipinski definition) is 5. The Morgan fingerprint density at radius 1 is 1.25 bits per heavy atom. The van der Waals surface area contributed by atoms with Crippen LogP contribution in [0.2, 0.25) is 0 Å². The molecule has 1 aromatic rings. The summed E-state index contributed by atoms with van der Waals surface area (Å²) >= 11 is 0. The van der Waals surface area contributed by atoms with Crippen molar-refractivity contribution in [3.63, 3.8) is 0 Å². The van der Waals surface area contributed by atoms with Gasteiger partial charge in [-0.15, -0.1) is 0 Å². The van der Waals surface area contributed by atoms with Gasteiger partial charge in [0.1, 0.15) is 0 Å². The van der Waals surface area contributed by atoms with E-state index in [4.69, 9.17) is 10.5 Å². The highest BCUT2D eigenvalue weighted by atomic mass is 16.5. The number of nitrogens with zero attached hydrogens (tertiary/aromatic N) is 1. The molecule has 1 aliphatic heterocycles. The average molecular weight is 276 g/mol. The van der Waals surface area contributed by atoms with Crippen molar-refractivity contribution in [2.24, 2.45) is 11.7 Å². The van der Waals surface area contributed by atoms with E-state index < -0.39 is 0 Å². The molecule has 0 spiro atoms. The van der Waals surface area contributed by atoms with E-state index in [0.29, 0.717) is 5.56 Å². The lowest BCUT2D eigenvalue weighted by Crippen LogP contribution is -2.36. The van der Waals surface area contributed by atoms with Gasteiger partial charge in [-0.2, -0.15) is 0 Å². The minimum Gasteiger partial charge on any atom is -0.469 e. The number of methoxy groups -OCH3 is 1. The minimum absolute atomic E-state index is 0.00865. The van der Waals surface area contributed by atoms with Crippen molar-refractivity contribution in [1.29, 1.82) is 0 Å². The van der Waals surface area contributed by atoms with Crippen molar-refractivity contribution in [2.75, 3.05) is 31.6 Å². The molecule has 1 saturated heterocycles. The van der Waals surface area contributed by atoms with Crippen molar-refractivity contribution in [1.82, 2.24) is 0 Å². The average Bonchev–Trinajstić information content (AvgIpc) is 2.53. The van der Waals surface area contributed by atoms with Gasteiger partial charge in [0, 0.05) is 24.3 Å². The van der Waals surface area contributed by atoms with E-state index in [1.165, 1.54) is 7.11 Å². The molecule has 2 N–H and O–H groups in total. The third kappa shape index (κ3) is 3.17. The lowest BCUT2D eigenvalue weighted by Gasteiger charge is -2.32. The largest absolute Gasteiger partial charge is 0.469 e. The summed E-state index contributed by atoms with van der Waals surface area (Å²) in [6, 6.07) is 7.47. The number of carbonyl (C=O) groups excluding carboxylic acids is 2. The normalized spacial score (nSPS) is 16.0. The molecule has 0 amide bonds. The number of anilines is 1. The third-order valence-corrected chi connectivity index (χ3v) is 3.77. The van der Waals surface area contributed by atoms with E-state index in [0.717, 1.165) is 31.6 Å². The molecule has 5 heteroatoms. The van der Waals surface area contributed by atoms with Crippen LogP contribution in [-0.4, -0.2) is 38.5 Å². The number of nitrogens with two attached hydrogens (primary N) is 1. The molecule has 5 nitrogen and oxygen atoms in total. The van der Waals surface area contributed by atoms with Gasteiger partial charge in [-0.25, -0.2) is 0 Å². The van der Waals surface area contributed by atoms with E-state index in [-0.39, 0.29) is 24.2 Å². The highest BCUT2D eigenvalue weighted by molar-refractivity contribution is 5.97. The van der Waals surface area contributed by atoms with E-state index >= 15 is 0 Å². The zero-order valence-electron chi connectivity index (χ0n) is 11.7. The number of piperidine rings is 1. The van der Waals surface area contributed by atoms with E-state index in [9.17, 15) is 9.59 Å². The summed E-state index contributed by atoms with van der Waals surface area (Å²) in [5, 5.41) is 0. The molecule has 1 aliphatic rings. The van der Waals surface area contributed by atoms with Crippen LogP contribution in [0.5, 0.6) is 0 Å². The number of carbonyl (C=O) groups is 2.